The maximum Gasteiger partial charge on any atom is 0.322 e. The normalized spacial score (nSPS) is 12.3. The van der Waals surface area contributed by atoms with Crippen LogP contribution in [0.4, 0.5) is 10.5 Å². The number of para-hydroxylation sites is 2. The third-order valence-corrected chi connectivity index (χ3v) is 7.43. The van der Waals surface area contributed by atoms with Gasteiger partial charge in [0.05, 0.1) is 22.6 Å². The first kappa shape index (κ1) is 27.1. The lowest BCUT2D eigenvalue weighted by Gasteiger charge is -2.29. The number of urea groups is 1. The van der Waals surface area contributed by atoms with Gasteiger partial charge in [0.2, 0.25) is 0 Å². The van der Waals surface area contributed by atoms with Crippen LogP contribution in [0.3, 0.4) is 0 Å². The fourth-order valence-corrected chi connectivity index (χ4v) is 4.78. The quantitative estimate of drug-likeness (QED) is 0.292. The molecule has 6 heteroatoms. The van der Waals surface area contributed by atoms with E-state index in [-0.39, 0.29) is 23.4 Å². The lowest BCUT2D eigenvalue weighted by Crippen LogP contribution is -2.37. The van der Waals surface area contributed by atoms with Gasteiger partial charge in [0.1, 0.15) is 5.82 Å². The third kappa shape index (κ3) is 5.08. The molecule has 38 heavy (non-hydrogen) atoms. The topological polar surface area (TPSA) is 67.2 Å². The summed E-state index contributed by atoms with van der Waals surface area (Å²) in [6.45, 7) is 14.5. The van der Waals surface area contributed by atoms with Crippen molar-refractivity contribution in [3.05, 3.63) is 99.1 Å². The average molecular weight is 511 g/mol. The second kappa shape index (κ2) is 10.8. The fourth-order valence-electron chi connectivity index (χ4n) is 4.78. The van der Waals surface area contributed by atoms with E-state index in [1.807, 2.05) is 63.2 Å². The minimum atomic E-state index is -0.484. The smallest absolute Gasteiger partial charge is 0.318 e. The number of fused-ring (bicyclic) bond motifs is 1. The highest BCUT2D eigenvalue weighted by Crippen LogP contribution is 2.33. The Morgan fingerprint density at radius 3 is 2.11 bits per heavy atom. The van der Waals surface area contributed by atoms with Crippen molar-refractivity contribution in [1.82, 2.24) is 14.5 Å². The van der Waals surface area contributed by atoms with E-state index in [0.717, 1.165) is 33.6 Å². The average Bonchev–Trinajstić information content (AvgIpc) is 2.89. The molecule has 4 aromatic rings. The van der Waals surface area contributed by atoms with Crippen LogP contribution in [0.2, 0.25) is 0 Å². The Morgan fingerprint density at radius 2 is 1.50 bits per heavy atom. The van der Waals surface area contributed by atoms with E-state index < -0.39 is 6.04 Å². The van der Waals surface area contributed by atoms with Crippen LogP contribution in [0.1, 0.15) is 80.6 Å². The van der Waals surface area contributed by atoms with Crippen molar-refractivity contribution in [3.63, 3.8) is 0 Å². The predicted molar refractivity (Wildman–Crippen MR) is 157 cm³/mol. The molecule has 0 aliphatic heterocycles. The van der Waals surface area contributed by atoms with Crippen molar-refractivity contribution >= 4 is 22.6 Å². The Balaban J connectivity index is 1.80. The Hall–Kier alpha value is -3.93. The van der Waals surface area contributed by atoms with Crippen LogP contribution in [0.25, 0.3) is 16.6 Å². The van der Waals surface area contributed by atoms with Gasteiger partial charge >= 0.3 is 6.03 Å². The number of rotatable bonds is 6. The number of nitrogens with one attached hydrogen (secondary N) is 1. The van der Waals surface area contributed by atoms with Crippen molar-refractivity contribution in [2.75, 3.05) is 12.4 Å². The second-order valence-corrected chi connectivity index (χ2v) is 10.7. The Bertz CT molecular complexity index is 1530. The molecular formula is C32H38N4O2. The molecule has 1 heterocycles. The number of anilines is 1. The molecule has 6 nitrogen and oxygen atoms in total. The first-order valence-corrected chi connectivity index (χ1v) is 13.3. The Labute approximate surface area is 225 Å². The lowest BCUT2D eigenvalue weighted by molar-refractivity contribution is 0.205. The fraction of sp³-hybridized carbons (Fsp3) is 0.344. The summed E-state index contributed by atoms with van der Waals surface area (Å²) in [4.78, 5) is 34.0. The predicted octanol–water partition coefficient (Wildman–Crippen LogP) is 7.47. The van der Waals surface area contributed by atoms with Gasteiger partial charge in [-0.2, -0.15) is 0 Å². The minimum Gasteiger partial charge on any atom is -0.318 e. The van der Waals surface area contributed by atoms with E-state index in [2.05, 4.69) is 45.1 Å². The van der Waals surface area contributed by atoms with Gasteiger partial charge in [-0.05, 0) is 79.1 Å². The summed E-state index contributed by atoms with van der Waals surface area (Å²) in [6.07, 6.45) is 0. The molecule has 0 saturated carbocycles. The summed E-state index contributed by atoms with van der Waals surface area (Å²) < 4.78 is 1.64. The molecule has 198 valence electrons. The summed E-state index contributed by atoms with van der Waals surface area (Å²) in [6, 6.07) is 18.7. The zero-order valence-electron chi connectivity index (χ0n) is 23.7. The first-order chi connectivity index (χ1) is 18.0. The highest BCUT2D eigenvalue weighted by molar-refractivity contribution is 5.91. The third-order valence-electron chi connectivity index (χ3n) is 7.43. The van der Waals surface area contributed by atoms with Crippen molar-refractivity contribution in [2.45, 2.75) is 66.3 Å². The maximum absolute atomic E-state index is 13.8. The molecule has 0 aliphatic carbocycles. The molecule has 1 N–H and O–H groups in total. The van der Waals surface area contributed by atoms with Crippen molar-refractivity contribution in [3.8, 4) is 5.69 Å². The molecule has 0 bridgehead atoms. The maximum atomic E-state index is 13.8. The lowest BCUT2D eigenvalue weighted by atomic mass is 9.93. The van der Waals surface area contributed by atoms with Crippen LogP contribution in [-0.4, -0.2) is 27.5 Å². The van der Waals surface area contributed by atoms with Crippen molar-refractivity contribution in [2.24, 2.45) is 0 Å². The van der Waals surface area contributed by atoms with Crippen LogP contribution in [0.15, 0.2) is 65.5 Å². The number of hydrogen-bond donors (Lipinski definition) is 1. The Kier molecular flexibility index (Phi) is 7.72. The number of benzene rings is 3. The number of nitrogens with zero attached hydrogens (tertiary/aromatic N) is 3. The van der Waals surface area contributed by atoms with Gasteiger partial charge in [0.15, 0.2) is 0 Å². The summed E-state index contributed by atoms with van der Waals surface area (Å²) in [5, 5.41) is 3.73. The van der Waals surface area contributed by atoms with Gasteiger partial charge in [0.25, 0.3) is 5.56 Å². The zero-order valence-corrected chi connectivity index (χ0v) is 23.7. The molecule has 0 fully saturated rings. The Morgan fingerprint density at radius 1 is 0.868 bits per heavy atom. The van der Waals surface area contributed by atoms with Crippen LogP contribution < -0.4 is 10.9 Å². The zero-order chi connectivity index (χ0) is 27.7. The second-order valence-electron chi connectivity index (χ2n) is 10.7. The van der Waals surface area contributed by atoms with E-state index in [9.17, 15) is 9.59 Å². The molecule has 0 aliphatic rings. The van der Waals surface area contributed by atoms with Crippen molar-refractivity contribution in [1.29, 1.82) is 0 Å². The molecule has 0 saturated heterocycles. The molecule has 4 rings (SSSR count). The summed E-state index contributed by atoms with van der Waals surface area (Å²) in [5.74, 6) is 1.02. The summed E-state index contributed by atoms with van der Waals surface area (Å²) in [7, 11) is 1.75. The van der Waals surface area contributed by atoms with Gasteiger partial charge in [0, 0.05) is 12.7 Å². The standard InChI is InChI=1S/C32H38N4O2/c1-19(2)25-13-11-14-26(20(3)4)29(25)34-32(38)35(8)23(7)30-33-28-15-10-9-12-27(28)31(37)36(30)24-17-16-21(5)22(6)18-24/h9-20,23H,1-8H3,(H,34,38). The highest BCUT2D eigenvalue weighted by Gasteiger charge is 2.26. The number of aromatic nitrogens is 2. The molecule has 0 spiro atoms. The number of carbonyl (C=O) groups is 1. The van der Waals surface area contributed by atoms with Gasteiger partial charge in [-0.1, -0.05) is 64.1 Å². The largest absolute Gasteiger partial charge is 0.322 e. The molecule has 1 aromatic heterocycles. The molecule has 2 amide bonds. The van der Waals surface area contributed by atoms with E-state index in [0.29, 0.717) is 16.7 Å². The number of aryl methyl sites for hydroxylation is 2. The van der Waals surface area contributed by atoms with Crippen LogP contribution in [0, 0.1) is 13.8 Å². The first-order valence-electron chi connectivity index (χ1n) is 13.3. The molecule has 3 aromatic carbocycles. The van der Waals surface area contributed by atoms with Crippen LogP contribution in [0.5, 0.6) is 0 Å². The molecule has 1 unspecified atom stereocenters. The van der Waals surface area contributed by atoms with Crippen LogP contribution >= 0.6 is 0 Å². The molecular weight excluding hydrogens is 472 g/mol. The summed E-state index contributed by atoms with van der Waals surface area (Å²) >= 11 is 0. The van der Waals surface area contributed by atoms with Gasteiger partial charge in [-0.3, -0.25) is 9.36 Å². The van der Waals surface area contributed by atoms with Crippen molar-refractivity contribution < 1.29 is 4.79 Å². The van der Waals surface area contributed by atoms with Gasteiger partial charge < -0.3 is 10.2 Å². The molecule has 0 radical (unpaired) electrons. The molecule has 1 atom stereocenters. The van der Waals surface area contributed by atoms with Gasteiger partial charge in [-0.15, -0.1) is 0 Å². The summed E-state index contributed by atoms with van der Waals surface area (Å²) in [5.41, 5.74) is 6.48. The SMILES string of the molecule is Cc1ccc(-n2c(C(C)N(C)C(=O)Nc3c(C(C)C)cccc3C(C)C)nc3ccccc3c2=O)cc1C. The minimum absolute atomic E-state index is 0.151. The van der Waals surface area contributed by atoms with E-state index >= 15 is 0 Å². The van der Waals surface area contributed by atoms with E-state index in [1.54, 1.807) is 22.6 Å². The number of carbonyl (C=O) groups excluding carboxylic acids is 1. The monoisotopic (exact) mass is 510 g/mol. The highest BCUT2D eigenvalue weighted by atomic mass is 16.2. The van der Waals surface area contributed by atoms with E-state index in [1.165, 1.54) is 0 Å². The van der Waals surface area contributed by atoms with Crippen LogP contribution in [-0.2, 0) is 0 Å². The number of hydrogen-bond acceptors (Lipinski definition) is 3. The van der Waals surface area contributed by atoms with E-state index in [4.69, 9.17) is 4.98 Å². The number of amides is 2. The van der Waals surface area contributed by atoms with Gasteiger partial charge in [-0.25, -0.2) is 9.78 Å².